The zero-order valence-electron chi connectivity index (χ0n) is 13.3. The fraction of sp³-hybridized carbons (Fsp3) is 0.278. The van der Waals surface area contributed by atoms with E-state index < -0.39 is 22.0 Å². The van der Waals surface area contributed by atoms with E-state index in [1.165, 1.54) is 4.31 Å². The number of benzene rings is 2. The lowest BCUT2D eigenvalue weighted by atomic mass is 9.96. The lowest BCUT2D eigenvalue weighted by molar-refractivity contribution is -0.122. The Kier molecular flexibility index (Phi) is 4.69. The monoisotopic (exact) mass is 344 g/mol. The van der Waals surface area contributed by atoms with Crippen molar-refractivity contribution in [3.05, 3.63) is 71.3 Å². The van der Waals surface area contributed by atoms with Gasteiger partial charge in [-0.2, -0.15) is 4.31 Å². The molecule has 0 radical (unpaired) electrons. The first-order valence-corrected chi connectivity index (χ1v) is 9.48. The number of sulfonamides is 1. The number of nitrogens with zero attached hydrogens (tertiary/aromatic N) is 1. The number of carbonyl (C=O) groups excluding carboxylic acids is 1. The van der Waals surface area contributed by atoms with Crippen LogP contribution in [0.1, 0.15) is 16.7 Å². The van der Waals surface area contributed by atoms with Crippen LogP contribution in [0, 0.1) is 0 Å². The minimum Gasteiger partial charge on any atom is -0.368 e. The Morgan fingerprint density at radius 2 is 1.67 bits per heavy atom. The van der Waals surface area contributed by atoms with Crippen molar-refractivity contribution in [2.24, 2.45) is 5.73 Å². The summed E-state index contributed by atoms with van der Waals surface area (Å²) >= 11 is 0. The van der Waals surface area contributed by atoms with Crippen molar-refractivity contribution in [3.8, 4) is 0 Å². The molecule has 0 saturated heterocycles. The second kappa shape index (κ2) is 6.75. The van der Waals surface area contributed by atoms with Crippen LogP contribution in [0.4, 0.5) is 0 Å². The summed E-state index contributed by atoms with van der Waals surface area (Å²) in [6, 6.07) is 16.2. The molecule has 2 aromatic carbocycles. The Bertz CT molecular complexity index is 834. The lowest BCUT2D eigenvalue weighted by Crippen LogP contribution is -2.51. The van der Waals surface area contributed by atoms with Gasteiger partial charge >= 0.3 is 0 Å². The zero-order chi connectivity index (χ0) is 17.2. The number of hydrogen-bond donors (Lipinski definition) is 1. The molecule has 0 aromatic heterocycles. The first kappa shape index (κ1) is 16.7. The maximum Gasteiger partial charge on any atom is 0.236 e. The van der Waals surface area contributed by atoms with Gasteiger partial charge in [-0.05, 0) is 29.5 Å². The van der Waals surface area contributed by atoms with E-state index in [4.69, 9.17) is 5.73 Å². The Balaban J connectivity index is 1.83. The molecule has 1 aliphatic heterocycles. The number of primary amides is 1. The average Bonchev–Trinajstić information content (AvgIpc) is 2.60. The van der Waals surface area contributed by atoms with E-state index in [2.05, 4.69) is 0 Å². The highest BCUT2D eigenvalue weighted by molar-refractivity contribution is 7.89. The number of nitrogens with two attached hydrogens (primary N) is 1. The van der Waals surface area contributed by atoms with Gasteiger partial charge in [0.1, 0.15) is 6.04 Å². The van der Waals surface area contributed by atoms with Crippen molar-refractivity contribution < 1.29 is 13.2 Å². The molecule has 0 unspecified atom stereocenters. The molecule has 3 rings (SSSR count). The fourth-order valence-electron chi connectivity index (χ4n) is 3.04. The Morgan fingerprint density at radius 1 is 1.04 bits per heavy atom. The lowest BCUT2D eigenvalue weighted by Gasteiger charge is -2.34. The van der Waals surface area contributed by atoms with Gasteiger partial charge in [0.05, 0.1) is 5.75 Å². The van der Waals surface area contributed by atoms with Gasteiger partial charge in [0.15, 0.2) is 0 Å². The van der Waals surface area contributed by atoms with E-state index >= 15 is 0 Å². The predicted octanol–water partition coefficient (Wildman–Crippen LogP) is 1.47. The number of fused-ring (bicyclic) bond motifs is 1. The highest BCUT2D eigenvalue weighted by Gasteiger charge is 2.37. The molecule has 0 bridgehead atoms. The largest absolute Gasteiger partial charge is 0.368 e. The summed E-state index contributed by atoms with van der Waals surface area (Å²) in [6.45, 7) is 0.195. The molecule has 126 valence electrons. The maximum absolute atomic E-state index is 12.8. The van der Waals surface area contributed by atoms with Crippen LogP contribution in [-0.4, -0.2) is 30.4 Å². The van der Waals surface area contributed by atoms with E-state index in [1.807, 2.05) is 54.6 Å². The van der Waals surface area contributed by atoms with Crippen LogP contribution in [0.15, 0.2) is 54.6 Å². The molecule has 5 nitrogen and oxygen atoms in total. The van der Waals surface area contributed by atoms with Crippen LogP contribution >= 0.6 is 0 Å². The molecule has 6 heteroatoms. The van der Waals surface area contributed by atoms with E-state index in [0.29, 0.717) is 12.8 Å². The van der Waals surface area contributed by atoms with Gasteiger partial charge in [-0.25, -0.2) is 8.42 Å². The standard InChI is InChI=1S/C18H20N2O3S/c19-18(21)17-12-15-8-4-5-9-16(15)13-20(17)24(22,23)11-10-14-6-2-1-3-7-14/h1-9,17H,10-13H2,(H2,19,21)/t17-/m0/s1. The molecule has 1 amide bonds. The van der Waals surface area contributed by atoms with Crippen molar-refractivity contribution in [1.82, 2.24) is 4.31 Å². The zero-order valence-corrected chi connectivity index (χ0v) is 14.1. The van der Waals surface area contributed by atoms with Gasteiger partial charge in [0.25, 0.3) is 0 Å². The van der Waals surface area contributed by atoms with Gasteiger partial charge in [-0.3, -0.25) is 4.79 Å². The van der Waals surface area contributed by atoms with Crippen LogP contribution in [0.5, 0.6) is 0 Å². The van der Waals surface area contributed by atoms with Gasteiger partial charge in [0, 0.05) is 6.54 Å². The quantitative estimate of drug-likeness (QED) is 0.892. The number of carbonyl (C=O) groups is 1. The van der Waals surface area contributed by atoms with Crippen molar-refractivity contribution in [1.29, 1.82) is 0 Å². The highest BCUT2D eigenvalue weighted by Crippen LogP contribution is 2.26. The van der Waals surface area contributed by atoms with Gasteiger partial charge in [0.2, 0.25) is 15.9 Å². The fourth-order valence-corrected chi connectivity index (χ4v) is 4.67. The molecular formula is C18H20N2O3S. The van der Waals surface area contributed by atoms with Crippen molar-refractivity contribution in [2.45, 2.75) is 25.4 Å². The van der Waals surface area contributed by atoms with E-state index in [-0.39, 0.29) is 12.3 Å². The molecule has 2 aromatic rings. The topological polar surface area (TPSA) is 80.5 Å². The van der Waals surface area contributed by atoms with Crippen molar-refractivity contribution in [3.63, 3.8) is 0 Å². The van der Waals surface area contributed by atoms with E-state index in [9.17, 15) is 13.2 Å². The van der Waals surface area contributed by atoms with Gasteiger partial charge < -0.3 is 5.73 Å². The first-order valence-electron chi connectivity index (χ1n) is 7.87. The summed E-state index contributed by atoms with van der Waals surface area (Å²) in [7, 11) is -3.59. The summed E-state index contributed by atoms with van der Waals surface area (Å²) in [4.78, 5) is 11.8. The molecule has 1 heterocycles. The highest BCUT2D eigenvalue weighted by atomic mass is 32.2. The van der Waals surface area contributed by atoms with Crippen LogP contribution in [-0.2, 0) is 34.2 Å². The van der Waals surface area contributed by atoms with Crippen LogP contribution in [0.2, 0.25) is 0 Å². The van der Waals surface area contributed by atoms with Gasteiger partial charge in [-0.15, -0.1) is 0 Å². The number of rotatable bonds is 5. The molecule has 0 saturated carbocycles. The Morgan fingerprint density at radius 3 is 2.33 bits per heavy atom. The molecule has 1 aliphatic rings. The van der Waals surface area contributed by atoms with Crippen molar-refractivity contribution >= 4 is 15.9 Å². The second-order valence-electron chi connectivity index (χ2n) is 5.99. The van der Waals surface area contributed by atoms with Crippen molar-refractivity contribution in [2.75, 3.05) is 5.75 Å². The number of amides is 1. The third-order valence-electron chi connectivity index (χ3n) is 4.38. The van der Waals surface area contributed by atoms with Gasteiger partial charge in [-0.1, -0.05) is 54.6 Å². The molecule has 24 heavy (non-hydrogen) atoms. The summed E-state index contributed by atoms with van der Waals surface area (Å²) in [5, 5.41) is 0. The SMILES string of the molecule is NC(=O)[C@@H]1Cc2ccccc2CN1S(=O)(=O)CCc1ccccc1. The first-order chi connectivity index (χ1) is 11.5. The van der Waals surface area contributed by atoms with Crippen LogP contribution < -0.4 is 5.73 Å². The summed E-state index contributed by atoms with van der Waals surface area (Å²) < 4.78 is 26.9. The maximum atomic E-state index is 12.8. The second-order valence-corrected chi connectivity index (χ2v) is 8.03. The molecule has 1 atom stereocenters. The summed E-state index contributed by atoms with van der Waals surface area (Å²) in [5.74, 6) is -0.643. The number of hydrogen-bond acceptors (Lipinski definition) is 3. The summed E-state index contributed by atoms with van der Waals surface area (Å²) in [6.07, 6.45) is 0.739. The Labute approximate surface area is 142 Å². The predicted molar refractivity (Wildman–Crippen MR) is 92.6 cm³/mol. The van der Waals surface area contributed by atoms with E-state index in [0.717, 1.165) is 16.7 Å². The minimum absolute atomic E-state index is 0.0387. The molecular weight excluding hydrogens is 324 g/mol. The summed E-state index contributed by atoms with van der Waals surface area (Å²) in [5.41, 5.74) is 8.34. The minimum atomic E-state index is -3.59. The third-order valence-corrected chi connectivity index (χ3v) is 6.20. The van der Waals surface area contributed by atoms with Crippen LogP contribution in [0.3, 0.4) is 0 Å². The number of aryl methyl sites for hydroxylation is 1. The van der Waals surface area contributed by atoms with E-state index in [1.54, 1.807) is 0 Å². The third kappa shape index (κ3) is 3.49. The Hall–Kier alpha value is -2.18. The average molecular weight is 344 g/mol. The molecule has 2 N–H and O–H groups in total. The molecule has 0 fully saturated rings. The van der Waals surface area contributed by atoms with Crippen LogP contribution in [0.25, 0.3) is 0 Å². The molecule has 0 aliphatic carbocycles. The molecule has 0 spiro atoms. The normalized spacial score (nSPS) is 18.1. The smallest absolute Gasteiger partial charge is 0.236 e.